The second kappa shape index (κ2) is 9.73. The lowest BCUT2D eigenvalue weighted by atomic mass is 10.2. The van der Waals surface area contributed by atoms with Gasteiger partial charge in [-0.2, -0.15) is 9.78 Å². The maximum absolute atomic E-state index is 6.24. The molecule has 0 spiro atoms. The van der Waals surface area contributed by atoms with E-state index in [-0.39, 0.29) is 0 Å². The fourth-order valence-corrected chi connectivity index (χ4v) is 3.98. The average molecular weight is 484 g/mol. The number of halogens is 3. The van der Waals surface area contributed by atoms with E-state index in [4.69, 9.17) is 23.2 Å². The molecule has 1 heterocycles. The molecule has 4 nitrogen and oxygen atoms in total. The summed E-state index contributed by atoms with van der Waals surface area (Å²) in [4.78, 5) is 0. The van der Waals surface area contributed by atoms with E-state index in [0.29, 0.717) is 15.6 Å². The zero-order valence-corrected chi connectivity index (χ0v) is 18.5. The molecule has 0 aliphatic carbocycles. The summed E-state index contributed by atoms with van der Waals surface area (Å²) in [6, 6.07) is 13.6. The minimum absolute atomic E-state index is 0.556. The molecule has 27 heavy (non-hydrogen) atoms. The lowest BCUT2D eigenvalue weighted by molar-refractivity contribution is 0.700. The Labute approximate surface area is 181 Å². The first-order valence-electron chi connectivity index (χ1n) is 8.38. The van der Waals surface area contributed by atoms with Gasteiger partial charge in [0.1, 0.15) is 0 Å². The molecule has 0 atom stereocenters. The second-order valence-electron chi connectivity index (χ2n) is 5.76. The van der Waals surface area contributed by atoms with Gasteiger partial charge in [-0.15, -0.1) is 10.2 Å². The number of aromatic nitrogens is 3. The van der Waals surface area contributed by atoms with Crippen molar-refractivity contribution in [1.29, 1.82) is 0 Å². The van der Waals surface area contributed by atoms with Crippen LogP contribution in [0.15, 0.2) is 57.2 Å². The first-order valence-corrected chi connectivity index (χ1v) is 10.9. The normalized spacial score (nSPS) is 11.4. The summed E-state index contributed by atoms with van der Waals surface area (Å²) in [5.74, 6) is 1.59. The lowest BCUT2D eigenvalue weighted by Crippen LogP contribution is -2.01. The van der Waals surface area contributed by atoms with Crippen molar-refractivity contribution in [3.8, 4) is 0 Å². The summed E-state index contributed by atoms with van der Waals surface area (Å²) in [5, 5.41) is 15.0. The quantitative estimate of drug-likeness (QED) is 0.285. The van der Waals surface area contributed by atoms with Gasteiger partial charge >= 0.3 is 0 Å². The van der Waals surface area contributed by atoms with Crippen LogP contribution in [0.4, 0.5) is 0 Å². The van der Waals surface area contributed by atoms with Crippen LogP contribution in [0.1, 0.15) is 30.3 Å². The fraction of sp³-hybridized carbons (Fsp3) is 0.211. The minimum atomic E-state index is 0.556. The Morgan fingerprint density at radius 3 is 2.48 bits per heavy atom. The average Bonchev–Trinajstić information content (AvgIpc) is 3.03. The van der Waals surface area contributed by atoms with Crippen LogP contribution in [0.3, 0.4) is 0 Å². The fourth-order valence-electron chi connectivity index (χ4n) is 2.36. The predicted molar refractivity (Wildman–Crippen MR) is 117 cm³/mol. The first-order chi connectivity index (χ1) is 13.1. The van der Waals surface area contributed by atoms with Crippen LogP contribution in [-0.4, -0.2) is 21.1 Å². The molecule has 0 saturated heterocycles. The topological polar surface area (TPSA) is 43.1 Å². The van der Waals surface area contributed by atoms with Crippen LogP contribution in [0.25, 0.3) is 0 Å². The molecule has 0 unspecified atom stereocenters. The van der Waals surface area contributed by atoms with Gasteiger partial charge in [0, 0.05) is 22.2 Å². The van der Waals surface area contributed by atoms with E-state index >= 15 is 0 Å². The molecule has 0 bridgehead atoms. The van der Waals surface area contributed by atoms with Crippen LogP contribution in [0, 0.1) is 0 Å². The van der Waals surface area contributed by atoms with Crippen LogP contribution < -0.4 is 0 Å². The van der Waals surface area contributed by atoms with E-state index in [1.165, 1.54) is 5.56 Å². The Morgan fingerprint density at radius 2 is 1.81 bits per heavy atom. The summed E-state index contributed by atoms with van der Waals surface area (Å²) in [6.45, 7) is 2.10. The number of nitrogens with zero attached hydrogens (tertiary/aromatic N) is 4. The van der Waals surface area contributed by atoms with Gasteiger partial charge in [0.25, 0.3) is 0 Å². The van der Waals surface area contributed by atoms with Gasteiger partial charge in [0.15, 0.2) is 5.82 Å². The minimum Gasteiger partial charge on any atom is -0.191 e. The van der Waals surface area contributed by atoms with Crippen molar-refractivity contribution in [2.45, 2.75) is 30.7 Å². The molecule has 140 valence electrons. The van der Waals surface area contributed by atoms with Crippen LogP contribution in [0.5, 0.6) is 0 Å². The summed E-state index contributed by atoms with van der Waals surface area (Å²) >= 11 is 17.5. The molecular formula is C19H17BrCl2N4S. The van der Waals surface area contributed by atoms with Gasteiger partial charge < -0.3 is 0 Å². The number of hydrogen-bond acceptors (Lipinski definition) is 4. The van der Waals surface area contributed by atoms with Crippen LogP contribution >= 0.6 is 50.9 Å². The molecule has 2 aromatic carbocycles. The molecule has 0 aliphatic heterocycles. The molecule has 0 radical (unpaired) electrons. The SMILES string of the molecule is CCCc1nnc(SCc2ccc(Br)cc2)n1N=Cc1c(Cl)cccc1Cl. The van der Waals surface area contributed by atoms with Crippen molar-refractivity contribution < 1.29 is 0 Å². The molecule has 0 N–H and O–H groups in total. The Balaban J connectivity index is 1.85. The Kier molecular flexibility index (Phi) is 7.35. The number of hydrogen-bond donors (Lipinski definition) is 0. The second-order valence-corrected chi connectivity index (χ2v) is 8.43. The van der Waals surface area contributed by atoms with E-state index in [1.54, 1.807) is 34.8 Å². The Hall–Kier alpha value is -1.34. The molecule has 3 rings (SSSR count). The standard InChI is InChI=1S/C19H17BrCl2N4S/c1-2-4-18-24-25-19(27-12-13-7-9-14(20)10-8-13)26(18)23-11-15-16(21)5-3-6-17(15)22/h3,5-11H,2,4,12H2,1H3. The third-order valence-corrected chi connectivity index (χ3v) is 5.91. The molecule has 0 saturated carbocycles. The zero-order chi connectivity index (χ0) is 19.2. The van der Waals surface area contributed by atoms with E-state index in [0.717, 1.165) is 34.0 Å². The van der Waals surface area contributed by atoms with E-state index < -0.39 is 0 Å². The van der Waals surface area contributed by atoms with Crippen molar-refractivity contribution >= 4 is 57.1 Å². The summed E-state index contributed by atoms with van der Waals surface area (Å²) in [5.41, 5.74) is 1.88. The van der Waals surface area contributed by atoms with Gasteiger partial charge in [-0.25, -0.2) is 0 Å². The third kappa shape index (κ3) is 5.35. The van der Waals surface area contributed by atoms with Crippen LogP contribution in [-0.2, 0) is 12.2 Å². The van der Waals surface area contributed by atoms with E-state index in [9.17, 15) is 0 Å². The smallest absolute Gasteiger partial charge is 0.191 e. The summed E-state index contributed by atoms with van der Waals surface area (Å²) in [7, 11) is 0. The predicted octanol–water partition coefficient (Wildman–Crippen LogP) is 6.47. The number of aryl methyl sites for hydroxylation is 1. The molecule has 3 aromatic rings. The highest BCUT2D eigenvalue weighted by molar-refractivity contribution is 9.10. The highest BCUT2D eigenvalue weighted by Crippen LogP contribution is 2.25. The van der Waals surface area contributed by atoms with E-state index in [1.807, 2.05) is 18.2 Å². The molecule has 8 heteroatoms. The van der Waals surface area contributed by atoms with Gasteiger partial charge in [-0.3, -0.25) is 0 Å². The molecule has 0 amide bonds. The van der Waals surface area contributed by atoms with Crippen molar-refractivity contribution in [1.82, 2.24) is 14.9 Å². The van der Waals surface area contributed by atoms with Gasteiger partial charge in [0.2, 0.25) is 5.16 Å². The zero-order valence-electron chi connectivity index (χ0n) is 14.6. The number of rotatable bonds is 7. The van der Waals surface area contributed by atoms with Crippen molar-refractivity contribution in [2.75, 3.05) is 0 Å². The highest BCUT2D eigenvalue weighted by Gasteiger charge is 2.12. The largest absolute Gasteiger partial charge is 0.212 e. The lowest BCUT2D eigenvalue weighted by Gasteiger charge is -2.05. The van der Waals surface area contributed by atoms with Gasteiger partial charge in [-0.05, 0) is 36.2 Å². The van der Waals surface area contributed by atoms with Gasteiger partial charge in [-0.1, -0.05) is 76.0 Å². The molecule has 0 fully saturated rings. The Bertz CT molecular complexity index is 921. The van der Waals surface area contributed by atoms with Crippen molar-refractivity contribution in [2.24, 2.45) is 5.10 Å². The summed E-state index contributed by atoms with van der Waals surface area (Å²) < 4.78 is 2.83. The maximum atomic E-state index is 6.24. The highest BCUT2D eigenvalue weighted by atomic mass is 79.9. The summed E-state index contributed by atoms with van der Waals surface area (Å²) in [6.07, 6.45) is 3.41. The molecule has 1 aromatic heterocycles. The first kappa shape index (κ1) is 20.4. The van der Waals surface area contributed by atoms with Crippen molar-refractivity contribution in [3.63, 3.8) is 0 Å². The number of thioether (sulfide) groups is 1. The van der Waals surface area contributed by atoms with Crippen molar-refractivity contribution in [3.05, 3.63) is 73.9 Å². The monoisotopic (exact) mass is 482 g/mol. The third-order valence-electron chi connectivity index (χ3n) is 3.73. The number of benzene rings is 2. The van der Waals surface area contributed by atoms with Gasteiger partial charge in [0.05, 0.1) is 16.3 Å². The maximum Gasteiger partial charge on any atom is 0.212 e. The molecular weight excluding hydrogens is 467 g/mol. The Morgan fingerprint density at radius 1 is 1.11 bits per heavy atom. The molecule has 0 aliphatic rings. The van der Waals surface area contributed by atoms with E-state index in [2.05, 4.69) is 50.3 Å². The van der Waals surface area contributed by atoms with Crippen LogP contribution in [0.2, 0.25) is 10.0 Å².